The van der Waals surface area contributed by atoms with Gasteiger partial charge >= 0.3 is 0 Å². The molecule has 6 aromatic rings. The number of fused-ring (bicyclic) bond motifs is 2. The number of carbonyl (C=O) groups is 4. The summed E-state index contributed by atoms with van der Waals surface area (Å²) in [5.74, 6) is 2.71. The molecule has 6 N–H and O–H groups in total. The minimum Gasteiger partial charge on any atom is -0.493 e. The second-order valence-electron chi connectivity index (χ2n) is 19.8. The molecule has 76 heavy (non-hydrogen) atoms. The minimum atomic E-state index is -0.293. The van der Waals surface area contributed by atoms with Crippen molar-refractivity contribution in [2.24, 2.45) is 0 Å². The van der Waals surface area contributed by atoms with Gasteiger partial charge < -0.3 is 45.9 Å². The Labute approximate surface area is 447 Å². The van der Waals surface area contributed by atoms with Crippen LogP contribution in [0.2, 0.25) is 0 Å². The fourth-order valence-electron chi connectivity index (χ4n) is 9.36. The average molecular weight is 1030 g/mol. The number of ether oxygens (including phenoxy) is 4. The SMILES string of the molecule is COc1cc2c(cc1OC)CN(CCNC(=O)c1ccc(C)cc1NC(=O)c1ccc(C(C)C)cc1)CC2.COc1cc2c(cc1OC)CN(CCNC(=O)c1ccc(N)cc1NC(=O)c1ccc(C(C)C)cc1)CC2. The molecule has 0 saturated carbocycles. The summed E-state index contributed by atoms with van der Waals surface area (Å²) >= 11 is 0. The molecule has 2 aliphatic heterocycles. The zero-order valence-electron chi connectivity index (χ0n) is 45.4. The van der Waals surface area contributed by atoms with Crippen LogP contribution < -0.4 is 45.9 Å². The van der Waals surface area contributed by atoms with Gasteiger partial charge in [0, 0.05) is 69.2 Å². The maximum absolute atomic E-state index is 13.1. The number of nitrogens with two attached hydrogens (primary N) is 1. The van der Waals surface area contributed by atoms with Crippen molar-refractivity contribution in [2.45, 2.75) is 72.4 Å². The smallest absolute Gasteiger partial charge is 0.255 e. The van der Waals surface area contributed by atoms with E-state index in [-0.39, 0.29) is 23.6 Å². The van der Waals surface area contributed by atoms with Crippen LogP contribution in [0.5, 0.6) is 23.0 Å². The molecule has 0 radical (unpaired) electrons. The standard InChI is InChI=1S/C31H37N3O4.C30H36N4O4/c1-20(2)22-7-9-23(10-8-22)30(35)33-27-16-21(3)6-11-26(27)31(36)32-13-15-34-14-12-24-17-28(37-4)29(38-5)18-25(24)19-34;1-19(2)20-5-7-21(8-6-20)29(35)33-26-17-24(31)9-10-25(26)30(36)32-12-14-34-13-11-22-15-27(37-3)28(38-4)16-23(22)18-34/h6-11,16-18,20H,12-15,19H2,1-5H3,(H,32,36)(H,33,35);5-10,15-17,19H,11-14,18,31H2,1-4H3,(H,32,36)(H,33,35). The Hall–Kier alpha value is -7.88. The van der Waals surface area contributed by atoms with Gasteiger partial charge in [0.25, 0.3) is 23.6 Å². The molecule has 2 aliphatic rings. The van der Waals surface area contributed by atoms with E-state index in [9.17, 15) is 19.2 Å². The number of nitrogen functional groups attached to an aromatic ring is 1. The monoisotopic (exact) mass is 1030 g/mol. The quantitative estimate of drug-likeness (QED) is 0.0517. The van der Waals surface area contributed by atoms with Crippen molar-refractivity contribution in [3.63, 3.8) is 0 Å². The molecular formula is C61H73N7O8. The van der Waals surface area contributed by atoms with Gasteiger partial charge in [-0.3, -0.25) is 29.0 Å². The molecule has 4 amide bonds. The fourth-order valence-corrected chi connectivity index (χ4v) is 9.36. The number of methoxy groups -OCH3 is 4. The number of rotatable bonds is 18. The van der Waals surface area contributed by atoms with Crippen molar-refractivity contribution < 1.29 is 38.1 Å². The number of anilines is 3. The van der Waals surface area contributed by atoms with Crippen molar-refractivity contribution in [3.8, 4) is 23.0 Å². The fraction of sp³-hybridized carbons (Fsp3) is 0.344. The van der Waals surface area contributed by atoms with Crippen molar-refractivity contribution in [2.75, 3.05) is 84.1 Å². The van der Waals surface area contributed by atoms with Crippen LogP contribution in [-0.4, -0.2) is 101 Å². The Balaban J connectivity index is 0.000000221. The van der Waals surface area contributed by atoms with Gasteiger partial charge in [-0.1, -0.05) is 58.0 Å². The predicted octanol–water partition coefficient (Wildman–Crippen LogP) is 9.63. The summed E-state index contributed by atoms with van der Waals surface area (Å²) in [5, 5.41) is 11.8. The summed E-state index contributed by atoms with van der Waals surface area (Å²) in [6, 6.07) is 33.6. The van der Waals surface area contributed by atoms with Crippen LogP contribution in [0, 0.1) is 6.92 Å². The van der Waals surface area contributed by atoms with Gasteiger partial charge in [0.2, 0.25) is 0 Å². The maximum atomic E-state index is 13.1. The van der Waals surface area contributed by atoms with E-state index < -0.39 is 0 Å². The number of amides is 4. The molecule has 0 saturated heterocycles. The van der Waals surface area contributed by atoms with E-state index in [0.29, 0.717) is 70.8 Å². The zero-order chi connectivity index (χ0) is 54.5. The largest absolute Gasteiger partial charge is 0.493 e. The van der Waals surface area contributed by atoms with E-state index in [2.05, 4.69) is 64.8 Å². The highest BCUT2D eigenvalue weighted by atomic mass is 16.5. The molecule has 0 unspecified atom stereocenters. The van der Waals surface area contributed by atoms with E-state index in [1.165, 1.54) is 27.8 Å². The third-order valence-electron chi connectivity index (χ3n) is 13.9. The van der Waals surface area contributed by atoms with Crippen LogP contribution in [0.3, 0.4) is 0 Å². The topological polar surface area (TPSA) is 186 Å². The molecule has 0 fully saturated rings. The van der Waals surface area contributed by atoms with Crippen LogP contribution in [0.15, 0.2) is 109 Å². The first-order valence-corrected chi connectivity index (χ1v) is 25.9. The average Bonchev–Trinajstić information content (AvgIpc) is 3.42. The minimum absolute atomic E-state index is 0.209. The molecule has 400 valence electrons. The number of hydrogen-bond donors (Lipinski definition) is 5. The van der Waals surface area contributed by atoms with Gasteiger partial charge in [-0.25, -0.2) is 0 Å². The summed E-state index contributed by atoms with van der Waals surface area (Å²) in [7, 11) is 6.57. The molecule has 0 atom stereocenters. The van der Waals surface area contributed by atoms with E-state index in [1.54, 1.807) is 64.8 Å². The number of aryl methyl sites for hydroxylation is 1. The van der Waals surface area contributed by atoms with Crippen LogP contribution in [-0.2, 0) is 25.9 Å². The Kier molecular flexibility index (Phi) is 19.2. The number of hydrogen-bond acceptors (Lipinski definition) is 11. The number of nitrogens with zero attached hydrogens (tertiary/aromatic N) is 2. The van der Waals surface area contributed by atoms with Gasteiger partial charge in [-0.15, -0.1) is 0 Å². The van der Waals surface area contributed by atoms with Crippen molar-refractivity contribution in [1.29, 1.82) is 0 Å². The molecule has 0 aliphatic carbocycles. The summed E-state index contributed by atoms with van der Waals surface area (Å²) in [5.41, 5.74) is 17.4. The Bertz CT molecular complexity index is 2810. The number of nitrogens with one attached hydrogen (secondary N) is 4. The van der Waals surface area contributed by atoms with Crippen molar-refractivity contribution in [3.05, 3.63) is 170 Å². The Morgan fingerprint density at radius 3 is 1.28 bits per heavy atom. The Morgan fingerprint density at radius 2 is 0.882 bits per heavy atom. The third-order valence-corrected chi connectivity index (χ3v) is 13.9. The first kappa shape index (κ1) is 55.9. The molecule has 2 heterocycles. The highest BCUT2D eigenvalue weighted by Gasteiger charge is 2.23. The van der Waals surface area contributed by atoms with Crippen molar-refractivity contribution >= 4 is 40.7 Å². The number of carbonyl (C=O) groups excluding carboxylic acids is 4. The molecule has 6 aromatic carbocycles. The second kappa shape index (κ2) is 26.1. The van der Waals surface area contributed by atoms with Crippen molar-refractivity contribution in [1.82, 2.24) is 20.4 Å². The molecule has 8 rings (SSSR count). The summed E-state index contributed by atoms with van der Waals surface area (Å²) in [6.45, 7) is 16.1. The Morgan fingerprint density at radius 1 is 0.500 bits per heavy atom. The lowest BCUT2D eigenvalue weighted by atomic mass is 9.99. The second-order valence-corrected chi connectivity index (χ2v) is 19.8. The molecule has 0 aromatic heterocycles. The third kappa shape index (κ3) is 14.3. The number of benzene rings is 6. The maximum Gasteiger partial charge on any atom is 0.255 e. The van der Waals surface area contributed by atoms with E-state index >= 15 is 0 Å². The predicted molar refractivity (Wildman–Crippen MR) is 301 cm³/mol. The van der Waals surface area contributed by atoms with Gasteiger partial charge in [-0.05, 0) is 149 Å². The van der Waals surface area contributed by atoms with Crippen LogP contribution in [0.1, 0.15) is 120 Å². The van der Waals surface area contributed by atoms with E-state index in [1.807, 2.05) is 73.7 Å². The zero-order valence-corrected chi connectivity index (χ0v) is 45.4. The summed E-state index contributed by atoms with van der Waals surface area (Å²) < 4.78 is 21.8. The molecule has 0 bridgehead atoms. The lowest BCUT2D eigenvalue weighted by Crippen LogP contribution is -2.38. The summed E-state index contributed by atoms with van der Waals surface area (Å²) in [4.78, 5) is 56.6. The normalized spacial score (nSPS) is 13.1. The van der Waals surface area contributed by atoms with E-state index in [0.717, 1.165) is 79.7 Å². The first-order chi connectivity index (χ1) is 36.6. The van der Waals surface area contributed by atoms with Gasteiger partial charge in [0.05, 0.1) is 50.9 Å². The van der Waals surface area contributed by atoms with Crippen LogP contribution in [0.4, 0.5) is 17.1 Å². The van der Waals surface area contributed by atoms with E-state index in [4.69, 9.17) is 24.7 Å². The molecule has 15 heteroatoms. The first-order valence-electron chi connectivity index (χ1n) is 25.9. The lowest BCUT2D eigenvalue weighted by molar-refractivity contribution is 0.0939. The van der Waals surface area contributed by atoms with Crippen LogP contribution >= 0.6 is 0 Å². The molecule has 15 nitrogen and oxygen atoms in total. The molecular weight excluding hydrogens is 959 g/mol. The molecule has 0 spiro atoms. The lowest BCUT2D eigenvalue weighted by Gasteiger charge is -2.29. The highest BCUT2D eigenvalue weighted by Crippen LogP contribution is 2.35. The van der Waals surface area contributed by atoms with Gasteiger partial charge in [-0.2, -0.15) is 0 Å². The van der Waals surface area contributed by atoms with Gasteiger partial charge in [0.15, 0.2) is 23.0 Å². The van der Waals surface area contributed by atoms with Crippen LogP contribution in [0.25, 0.3) is 0 Å². The summed E-state index contributed by atoms with van der Waals surface area (Å²) in [6.07, 6.45) is 1.81. The highest BCUT2D eigenvalue weighted by molar-refractivity contribution is 6.10. The van der Waals surface area contributed by atoms with Gasteiger partial charge in [0.1, 0.15) is 0 Å².